The predicted octanol–water partition coefficient (Wildman–Crippen LogP) is 4.37. The van der Waals surface area contributed by atoms with E-state index < -0.39 is 0 Å². The number of nitrogens with zero attached hydrogens (tertiary/aromatic N) is 1. The summed E-state index contributed by atoms with van der Waals surface area (Å²) in [6.45, 7) is 4.02. The number of hydrogen-bond acceptors (Lipinski definition) is 2. The van der Waals surface area contributed by atoms with Crippen molar-refractivity contribution in [1.29, 1.82) is 0 Å². The molecule has 1 saturated heterocycles. The SMILES string of the molecule is CCC1CCCCN1C(CN)c1ccc(Br)cc1Cl. The maximum atomic E-state index is 6.40. The summed E-state index contributed by atoms with van der Waals surface area (Å²) in [6, 6.07) is 7.00. The van der Waals surface area contributed by atoms with Crippen molar-refractivity contribution in [2.24, 2.45) is 5.73 Å². The molecule has 1 aromatic carbocycles. The molecule has 0 aromatic heterocycles. The quantitative estimate of drug-likeness (QED) is 0.878. The van der Waals surface area contributed by atoms with E-state index in [-0.39, 0.29) is 6.04 Å². The molecule has 1 aliphatic rings. The van der Waals surface area contributed by atoms with Gasteiger partial charge in [0.25, 0.3) is 0 Å². The first-order valence-corrected chi connectivity index (χ1v) is 8.25. The van der Waals surface area contributed by atoms with Gasteiger partial charge >= 0.3 is 0 Å². The van der Waals surface area contributed by atoms with Crippen molar-refractivity contribution < 1.29 is 0 Å². The minimum atomic E-state index is 0.242. The maximum absolute atomic E-state index is 6.40. The fourth-order valence-electron chi connectivity index (χ4n) is 3.08. The molecule has 106 valence electrons. The Hall–Kier alpha value is -0.0900. The van der Waals surface area contributed by atoms with Gasteiger partial charge in [0.15, 0.2) is 0 Å². The second kappa shape index (κ2) is 7.07. The van der Waals surface area contributed by atoms with Gasteiger partial charge in [-0.1, -0.05) is 46.9 Å². The van der Waals surface area contributed by atoms with Gasteiger partial charge in [0.2, 0.25) is 0 Å². The Balaban J connectivity index is 2.27. The number of hydrogen-bond donors (Lipinski definition) is 1. The number of rotatable bonds is 4. The summed E-state index contributed by atoms with van der Waals surface area (Å²) < 4.78 is 1.02. The van der Waals surface area contributed by atoms with Crippen LogP contribution in [0.2, 0.25) is 5.02 Å². The molecule has 0 aliphatic carbocycles. The van der Waals surface area contributed by atoms with Crippen molar-refractivity contribution in [3.63, 3.8) is 0 Å². The van der Waals surface area contributed by atoms with E-state index in [9.17, 15) is 0 Å². The molecule has 0 spiro atoms. The van der Waals surface area contributed by atoms with E-state index >= 15 is 0 Å². The van der Waals surface area contributed by atoms with Gasteiger partial charge in [-0.25, -0.2) is 0 Å². The van der Waals surface area contributed by atoms with E-state index in [0.717, 1.165) is 21.6 Å². The summed E-state index contributed by atoms with van der Waals surface area (Å²) >= 11 is 9.86. The van der Waals surface area contributed by atoms with Gasteiger partial charge in [-0.15, -0.1) is 0 Å². The van der Waals surface area contributed by atoms with Gasteiger partial charge in [-0.3, -0.25) is 4.90 Å². The largest absolute Gasteiger partial charge is 0.329 e. The van der Waals surface area contributed by atoms with Crippen molar-refractivity contribution in [2.75, 3.05) is 13.1 Å². The summed E-state index contributed by atoms with van der Waals surface area (Å²) in [7, 11) is 0. The molecule has 0 radical (unpaired) electrons. The molecule has 19 heavy (non-hydrogen) atoms. The molecule has 1 fully saturated rings. The number of likely N-dealkylation sites (tertiary alicyclic amines) is 1. The summed E-state index contributed by atoms with van der Waals surface area (Å²) in [4.78, 5) is 2.55. The topological polar surface area (TPSA) is 29.3 Å². The summed E-state index contributed by atoms with van der Waals surface area (Å²) in [5.74, 6) is 0. The van der Waals surface area contributed by atoms with E-state index in [2.05, 4.69) is 39.9 Å². The molecular formula is C15H22BrClN2. The molecule has 0 amide bonds. The second-order valence-electron chi connectivity index (χ2n) is 5.21. The van der Waals surface area contributed by atoms with E-state index in [1.807, 2.05) is 6.07 Å². The van der Waals surface area contributed by atoms with Crippen LogP contribution in [0, 0.1) is 0 Å². The lowest BCUT2D eigenvalue weighted by molar-refractivity contribution is 0.0949. The predicted molar refractivity (Wildman–Crippen MR) is 85.6 cm³/mol. The molecule has 2 rings (SSSR count). The van der Waals surface area contributed by atoms with E-state index in [4.69, 9.17) is 17.3 Å². The zero-order valence-corrected chi connectivity index (χ0v) is 13.8. The molecule has 1 aliphatic heterocycles. The fourth-order valence-corrected chi connectivity index (χ4v) is 3.88. The highest BCUT2D eigenvalue weighted by molar-refractivity contribution is 9.10. The lowest BCUT2D eigenvalue weighted by Gasteiger charge is -2.41. The Morgan fingerprint density at radius 1 is 1.47 bits per heavy atom. The van der Waals surface area contributed by atoms with Crippen LogP contribution in [-0.2, 0) is 0 Å². The van der Waals surface area contributed by atoms with Crippen LogP contribution in [0.5, 0.6) is 0 Å². The molecule has 1 aromatic rings. The van der Waals surface area contributed by atoms with Crippen molar-refractivity contribution in [3.8, 4) is 0 Å². The monoisotopic (exact) mass is 344 g/mol. The summed E-state index contributed by atoms with van der Waals surface area (Å²) in [5, 5.41) is 0.810. The average molecular weight is 346 g/mol. The molecule has 0 bridgehead atoms. The number of halogens is 2. The Labute approximate surface area is 129 Å². The Bertz CT molecular complexity index is 425. The molecular weight excluding hydrogens is 324 g/mol. The van der Waals surface area contributed by atoms with Crippen LogP contribution in [0.4, 0.5) is 0 Å². The minimum Gasteiger partial charge on any atom is -0.329 e. The van der Waals surface area contributed by atoms with Crippen molar-refractivity contribution in [3.05, 3.63) is 33.3 Å². The zero-order chi connectivity index (χ0) is 13.8. The highest BCUT2D eigenvalue weighted by Gasteiger charge is 2.29. The van der Waals surface area contributed by atoms with Crippen LogP contribution in [-0.4, -0.2) is 24.0 Å². The summed E-state index contributed by atoms with van der Waals surface area (Å²) in [6.07, 6.45) is 5.06. The van der Waals surface area contributed by atoms with Crippen molar-refractivity contribution in [1.82, 2.24) is 4.90 Å². The molecule has 2 nitrogen and oxygen atoms in total. The third-order valence-electron chi connectivity index (χ3n) is 4.09. The van der Waals surface area contributed by atoms with Gasteiger partial charge in [0.05, 0.1) is 0 Å². The standard InChI is InChI=1S/C15H22BrClN2/c1-2-12-5-3-4-8-19(12)15(10-18)13-7-6-11(16)9-14(13)17/h6-7,9,12,15H,2-5,8,10,18H2,1H3. The van der Waals surface area contributed by atoms with Crippen LogP contribution >= 0.6 is 27.5 Å². The van der Waals surface area contributed by atoms with Gasteiger partial charge < -0.3 is 5.73 Å². The molecule has 4 heteroatoms. The Morgan fingerprint density at radius 2 is 2.26 bits per heavy atom. The third-order valence-corrected chi connectivity index (χ3v) is 4.91. The molecule has 0 saturated carbocycles. The van der Waals surface area contributed by atoms with Crippen LogP contribution in [0.15, 0.2) is 22.7 Å². The molecule has 1 heterocycles. The Kier molecular flexibility index (Phi) is 5.70. The average Bonchev–Trinajstić information content (AvgIpc) is 2.42. The van der Waals surface area contributed by atoms with Crippen LogP contribution < -0.4 is 5.73 Å². The Morgan fingerprint density at radius 3 is 2.89 bits per heavy atom. The minimum absolute atomic E-state index is 0.242. The van der Waals surface area contributed by atoms with Gasteiger partial charge in [0, 0.05) is 28.1 Å². The van der Waals surface area contributed by atoms with Gasteiger partial charge in [-0.2, -0.15) is 0 Å². The normalized spacial score (nSPS) is 22.4. The van der Waals surface area contributed by atoms with Crippen LogP contribution in [0.1, 0.15) is 44.2 Å². The lowest BCUT2D eigenvalue weighted by atomic mass is 9.95. The molecule has 2 unspecified atom stereocenters. The number of piperidine rings is 1. The zero-order valence-electron chi connectivity index (χ0n) is 11.4. The van der Waals surface area contributed by atoms with Gasteiger partial charge in [-0.05, 0) is 43.5 Å². The highest BCUT2D eigenvalue weighted by Crippen LogP contribution is 2.34. The second-order valence-corrected chi connectivity index (χ2v) is 6.54. The number of benzene rings is 1. The number of nitrogens with two attached hydrogens (primary N) is 1. The summed E-state index contributed by atoms with van der Waals surface area (Å²) in [5.41, 5.74) is 7.21. The van der Waals surface area contributed by atoms with Crippen LogP contribution in [0.3, 0.4) is 0 Å². The van der Waals surface area contributed by atoms with Gasteiger partial charge in [0.1, 0.15) is 0 Å². The molecule has 2 N–H and O–H groups in total. The van der Waals surface area contributed by atoms with Crippen molar-refractivity contribution in [2.45, 2.75) is 44.7 Å². The van der Waals surface area contributed by atoms with Crippen LogP contribution in [0.25, 0.3) is 0 Å². The fraction of sp³-hybridized carbons (Fsp3) is 0.600. The highest BCUT2D eigenvalue weighted by atomic mass is 79.9. The maximum Gasteiger partial charge on any atom is 0.0488 e. The third kappa shape index (κ3) is 3.52. The lowest BCUT2D eigenvalue weighted by Crippen LogP contribution is -2.44. The first kappa shape index (κ1) is 15.3. The van der Waals surface area contributed by atoms with E-state index in [1.54, 1.807) is 0 Å². The van der Waals surface area contributed by atoms with E-state index in [1.165, 1.54) is 25.7 Å². The first-order valence-electron chi connectivity index (χ1n) is 7.08. The van der Waals surface area contributed by atoms with Crippen molar-refractivity contribution >= 4 is 27.5 Å². The molecule has 2 atom stereocenters. The first-order chi connectivity index (χ1) is 9.17. The van der Waals surface area contributed by atoms with E-state index in [0.29, 0.717) is 12.6 Å². The smallest absolute Gasteiger partial charge is 0.0488 e.